The van der Waals surface area contributed by atoms with Crippen molar-refractivity contribution in [3.05, 3.63) is 188 Å². The van der Waals surface area contributed by atoms with Gasteiger partial charge in [0, 0.05) is 27.5 Å². The van der Waals surface area contributed by atoms with E-state index in [1.165, 1.54) is 38.2 Å². The van der Waals surface area contributed by atoms with Crippen LogP contribution in [0.3, 0.4) is 0 Å². The van der Waals surface area contributed by atoms with Gasteiger partial charge in [-0.05, 0) is 97.7 Å². The first kappa shape index (κ1) is 28.4. The Morgan fingerprint density at radius 1 is 0.340 bits per heavy atom. The molecule has 0 saturated heterocycles. The van der Waals surface area contributed by atoms with E-state index in [1.54, 1.807) is 0 Å². The summed E-state index contributed by atoms with van der Waals surface area (Å²) in [5.41, 5.74) is 9.70. The third kappa shape index (κ3) is 4.65. The molecule has 0 aliphatic heterocycles. The van der Waals surface area contributed by atoms with Crippen molar-refractivity contribution >= 4 is 71.3 Å². The second-order valence-corrected chi connectivity index (χ2v) is 12.9. The fourth-order valence-corrected chi connectivity index (χ4v) is 7.59. The Balaban J connectivity index is 1.25. The summed E-state index contributed by atoms with van der Waals surface area (Å²) in [5, 5.41) is 9.38. The van der Waals surface area contributed by atoms with Crippen LogP contribution in [0.1, 0.15) is 0 Å². The molecule has 0 amide bonds. The molecule has 10 aromatic rings. The summed E-state index contributed by atoms with van der Waals surface area (Å²) < 4.78 is 6.88. The molecule has 2 heteroatoms. The molecule has 9 aromatic carbocycles. The van der Waals surface area contributed by atoms with E-state index >= 15 is 0 Å². The van der Waals surface area contributed by atoms with E-state index < -0.39 is 0 Å². The summed E-state index contributed by atoms with van der Waals surface area (Å²) in [7, 11) is 0. The molecule has 2 nitrogen and oxygen atoms in total. The Hall–Kier alpha value is -6.64. The van der Waals surface area contributed by atoms with Crippen molar-refractivity contribution in [1.82, 2.24) is 0 Å². The molecule has 0 saturated carbocycles. The zero-order valence-corrected chi connectivity index (χ0v) is 27.3. The molecule has 0 fully saturated rings. The van der Waals surface area contributed by atoms with E-state index in [1.807, 2.05) is 0 Å². The van der Waals surface area contributed by atoms with Crippen LogP contribution in [0.2, 0.25) is 0 Å². The highest BCUT2D eigenvalue weighted by molar-refractivity contribution is 6.20. The molecule has 10 rings (SSSR count). The second-order valence-electron chi connectivity index (χ2n) is 12.9. The third-order valence-electron chi connectivity index (χ3n) is 10.0. The van der Waals surface area contributed by atoms with Gasteiger partial charge in [0.2, 0.25) is 0 Å². The van der Waals surface area contributed by atoms with Gasteiger partial charge in [0.05, 0.1) is 5.69 Å². The minimum Gasteiger partial charge on any atom is -0.455 e. The third-order valence-corrected chi connectivity index (χ3v) is 10.0. The van der Waals surface area contributed by atoms with E-state index in [9.17, 15) is 0 Å². The van der Waals surface area contributed by atoms with Crippen LogP contribution < -0.4 is 4.90 Å². The average molecular weight is 638 g/mol. The number of furan rings is 1. The van der Waals surface area contributed by atoms with Crippen LogP contribution in [0.15, 0.2) is 192 Å². The highest BCUT2D eigenvalue weighted by Gasteiger charge is 2.21. The maximum atomic E-state index is 6.88. The topological polar surface area (TPSA) is 16.4 Å². The lowest BCUT2D eigenvalue weighted by Gasteiger charge is -2.28. The molecule has 1 aromatic heterocycles. The molecule has 0 N–H and O–H groups in total. The lowest BCUT2D eigenvalue weighted by atomic mass is 9.99. The number of nitrogens with zero attached hydrogens (tertiary/aromatic N) is 1. The van der Waals surface area contributed by atoms with Crippen molar-refractivity contribution in [2.24, 2.45) is 0 Å². The van der Waals surface area contributed by atoms with Crippen molar-refractivity contribution in [1.29, 1.82) is 0 Å². The minimum absolute atomic E-state index is 0.887. The van der Waals surface area contributed by atoms with Gasteiger partial charge in [-0.1, -0.05) is 140 Å². The predicted octanol–water partition coefficient (Wildman–Crippen LogP) is 13.8. The fraction of sp³-hybridized carbons (Fsp3) is 0. The molecule has 0 aliphatic carbocycles. The zero-order chi connectivity index (χ0) is 33.0. The maximum Gasteiger partial charge on any atom is 0.145 e. The number of rotatable bonds is 5. The van der Waals surface area contributed by atoms with E-state index in [4.69, 9.17) is 4.42 Å². The lowest BCUT2D eigenvalue weighted by Crippen LogP contribution is -2.10. The molecule has 0 atom stereocenters. The van der Waals surface area contributed by atoms with Crippen molar-refractivity contribution in [2.75, 3.05) is 4.90 Å². The molecule has 0 radical (unpaired) electrons. The normalized spacial score (nSPS) is 11.6. The molecule has 0 bridgehead atoms. The summed E-state index contributed by atoms with van der Waals surface area (Å²) in [6.45, 7) is 0. The molecule has 1 heterocycles. The van der Waals surface area contributed by atoms with Crippen molar-refractivity contribution in [2.45, 2.75) is 0 Å². The first-order valence-electron chi connectivity index (χ1n) is 17.1. The minimum atomic E-state index is 0.887. The smallest absolute Gasteiger partial charge is 0.145 e. The van der Waals surface area contributed by atoms with Gasteiger partial charge >= 0.3 is 0 Å². The summed E-state index contributed by atoms with van der Waals surface area (Å²) in [5.74, 6) is 0. The van der Waals surface area contributed by atoms with E-state index in [-0.39, 0.29) is 0 Å². The molecule has 0 unspecified atom stereocenters. The molecule has 234 valence electrons. The van der Waals surface area contributed by atoms with E-state index in [0.29, 0.717) is 0 Å². The van der Waals surface area contributed by atoms with E-state index in [2.05, 4.69) is 193 Å². The Kier molecular flexibility index (Phi) is 6.53. The van der Waals surface area contributed by atoms with Crippen molar-refractivity contribution < 1.29 is 4.42 Å². The summed E-state index contributed by atoms with van der Waals surface area (Å²) in [6, 6.07) is 67.5. The first-order valence-corrected chi connectivity index (χ1v) is 17.1. The highest BCUT2D eigenvalue weighted by atomic mass is 16.3. The van der Waals surface area contributed by atoms with Crippen molar-refractivity contribution in [3.63, 3.8) is 0 Å². The van der Waals surface area contributed by atoms with Gasteiger partial charge < -0.3 is 9.32 Å². The molecular formula is C48H31NO. The van der Waals surface area contributed by atoms with Crippen LogP contribution in [0.25, 0.3) is 76.5 Å². The highest BCUT2D eigenvalue weighted by Crippen LogP contribution is 2.45. The molecular weight excluding hydrogens is 607 g/mol. The van der Waals surface area contributed by atoms with Gasteiger partial charge in [-0.15, -0.1) is 0 Å². The fourth-order valence-electron chi connectivity index (χ4n) is 7.59. The number of hydrogen-bond donors (Lipinski definition) is 0. The second kappa shape index (κ2) is 11.5. The van der Waals surface area contributed by atoms with Crippen LogP contribution in [0.5, 0.6) is 0 Å². The largest absolute Gasteiger partial charge is 0.455 e. The molecule has 0 aliphatic rings. The maximum absolute atomic E-state index is 6.88. The first-order chi connectivity index (χ1) is 24.8. The van der Waals surface area contributed by atoms with E-state index in [0.717, 1.165) is 55.3 Å². The summed E-state index contributed by atoms with van der Waals surface area (Å²) in [4.78, 5) is 2.40. The Bertz CT molecular complexity index is 2870. The number of hydrogen-bond acceptors (Lipinski definition) is 2. The van der Waals surface area contributed by atoms with Crippen LogP contribution in [0, 0.1) is 0 Å². The van der Waals surface area contributed by atoms with Gasteiger partial charge in [0.15, 0.2) is 0 Å². The zero-order valence-electron chi connectivity index (χ0n) is 27.3. The number of anilines is 3. The Morgan fingerprint density at radius 3 is 1.76 bits per heavy atom. The monoisotopic (exact) mass is 637 g/mol. The molecule has 0 spiro atoms. The lowest BCUT2D eigenvalue weighted by molar-refractivity contribution is 0.673. The average Bonchev–Trinajstić information content (AvgIpc) is 3.57. The van der Waals surface area contributed by atoms with Gasteiger partial charge in [0.1, 0.15) is 11.2 Å². The Morgan fingerprint density at radius 2 is 0.940 bits per heavy atom. The van der Waals surface area contributed by atoms with Crippen LogP contribution in [0.4, 0.5) is 17.1 Å². The van der Waals surface area contributed by atoms with Gasteiger partial charge in [-0.3, -0.25) is 0 Å². The molecule has 50 heavy (non-hydrogen) atoms. The Labute approximate surface area is 290 Å². The predicted molar refractivity (Wildman–Crippen MR) is 212 cm³/mol. The van der Waals surface area contributed by atoms with Gasteiger partial charge in [-0.25, -0.2) is 0 Å². The summed E-state index contributed by atoms with van der Waals surface area (Å²) in [6.07, 6.45) is 0. The number of fused-ring (bicyclic) bond motifs is 8. The quantitative estimate of drug-likeness (QED) is 0.175. The van der Waals surface area contributed by atoms with Crippen LogP contribution in [-0.2, 0) is 0 Å². The van der Waals surface area contributed by atoms with Crippen molar-refractivity contribution in [3.8, 4) is 22.3 Å². The standard InChI is InChI=1S/C48H31NO/c1-3-11-32(12-4-1)37-17-9-18-39(29-37)49(40-26-23-35-22-21-34-15-7-8-19-41(34)44(35)31-40)45-20-10-16-36-24-28-43-42-27-25-38(33-13-5-2-6-14-33)30-46(42)50-48(43)47(36)45/h1-31H. The van der Waals surface area contributed by atoms with Crippen LogP contribution >= 0.6 is 0 Å². The SMILES string of the molecule is c1ccc(-c2cccc(N(c3ccc4ccc5ccccc5c4c3)c3cccc4ccc5c6ccc(-c7ccccc7)cc6oc5c34)c2)cc1. The van der Waals surface area contributed by atoms with Crippen LogP contribution in [-0.4, -0.2) is 0 Å². The van der Waals surface area contributed by atoms with Gasteiger partial charge in [0.25, 0.3) is 0 Å². The van der Waals surface area contributed by atoms with Gasteiger partial charge in [-0.2, -0.15) is 0 Å². The number of benzene rings is 9. The summed E-state index contributed by atoms with van der Waals surface area (Å²) >= 11 is 0.